The van der Waals surface area contributed by atoms with E-state index in [4.69, 9.17) is 3.32 Å². The molecule has 1 nitrogen and oxygen atoms in total. The van der Waals surface area contributed by atoms with Crippen molar-refractivity contribution in [3.8, 4) is 0 Å². The van der Waals surface area contributed by atoms with Crippen molar-refractivity contribution in [3.05, 3.63) is 6.92 Å². The molecule has 0 fully saturated rings. The zero-order chi connectivity index (χ0) is 5.58. The summed E-state index contributed by atoms with van der Waals surface area (Å²) in [6.45, 7) is 7.75. The Kier molecular flexibility index (Phi) is 14.7. The Morgan fingerprint density at radius 1 is 1.50 bits per heavy atom. The van der Waals surface area contributed by atoms with Crippen LogP contribution in [-0.2, 0) is 23.7 Å². The van der Waals surface area contributed by atoms with Crippen molar-refractivity contribution in [2.24, 2.45) is 5.92 Å². The van der Waals surface area contributed by atoms with Gasteiger partial charge >= 0.3 is 23.7 Å². The summed E-state index contributed by atoms with van der Waals surface area (Å²) in [5, 5.41) is 0. The van der Waals surface area contributed by atoms with Crippen LogP contribution in [-0.4, -0.2) is 0 Å². The first kappa shape index (κ1) is 9.72. The van der Waals surface area contributed by atoms with E-state index >= 15 is 0 Å². The van der Waals surface area contributed by atoms with Gasteiger partial charge in [-0.25, -0.2) is 0 Å². The zero-order valence-corrected chi connectivity index (χ0v) is 5.75. The summed E-state index contributed by atoms with van der Waals surface area (Å²) in [4.78, 5) is 0. The summed E-state index contributed by atoms with van der Waals surface area (Å²) < 4.78 is 8.25. The molecule has 0 unspecified atom stereocenters. The minimum absolute atomic E-state index is 0.583. The normalized spacial score (nSPS) is 6.50. The molecule has 0 saturated carbocycles. The summed E-state index contributed by atoms with van der Waals surface area (Å²) in [6.07, 6.45) is 0. The summed E-state index contributed by atoms with van der Waals surface area (Å²) in [7, 11) is 0. The first-order chi connectivity index (χ1) is 2.73. The second-order valence-corrected chi connectivity index (χ2v) is 1.39. The Labute approximate surface area is 50.9 Å². The molecule has 0 atom stereocenters. The summed E-state index contributed by atoms with van der Waals surface area (Å²) in [5.41, 5.74) is 0. The molecule has 0 aromatic heterocycles. The molecular formula is C4H9OTi. The predicted molar refractivity (Wildman–Crippen MR) is 20.9 cm³/mol. The maximum absolute atomic E-state index is 8.25. The number of hydrogen-bond acceptors (Lipinski definition) is 1. The van der Waals surface area contributed by atoms with Gasteiger partial charge in [0, 0.05) is 0 Å². The van der Waals surface area contributed by atoms with Crippen LogP contribution >= 0.6 is 0 Å². The van der Waals surface area contributed by atoms with Crippen LogP contribution < -0.4 is 0 Å². The molecule has 0 N–H and O–H groups in total. The van der Waals surface area contributed by atoms with Crippen molar-refractivity contribution in [2.75, 3.05) is 0 Å². The van der Waals surface area contributed by atoms with E-state index in [1.165, 1.54) is 0 Å². The van der Waals surface area contributed by atoms with Crippen molar-refractivity contribution in [3.63, 3.8) is 0 Å². The Hall–Kier alpha value is 0.514. The molecule has 6 heavy (non-hydrogen) atoms. The molecule has 0 aromatic rings. The standard InChI is InChI=1S/C4H9.O.Ti/c1-4(2)3;;/h4H,1H2,2-3H3;;. The number of hydrogen-bond donors (Lipinski definition) is 0. The van der Waals surface area contributed by atoms with Gasteiger partial charge in [0.2, 0.25) is 0 Å². The molecule has 0 spiro atoms. The molecule has 0 rings (SSSR count). The van der Waals surface area contributed by atoms with E-state index in [-0.39, 0.29) is 0 Å². The van der Waals surface area contributed by atoms with E-state index in [2.05, 4.69) is 20.8 Å². The first-order valence-electron chi connectivity index (χ1n) is 1.77. The van der Waals surface area contributed by atoms with Crippen LogP contribution in [0.3, 0.4) is 0 Å². The van der Waals surface area contributed by atoms with Crippen LogP contribution in [0.2, 0.25) is 0 Å². The van der Waals surface area contributed by atoms with Crippen LogP contribution in [0.5, 0.6) is 0 Å². The van der Waals surface area contributed by atoms with Gasteiger partial charge in [0.05, 0.1) is 0 Å². The third kappa shape index (κ3) is 211. The number of rotatable bonds is 0. The molecule has 0 saturated heterocycles. The van der Waals surface area contributed by atoms with Crippen molar-refractivity contribution in [2.45, 2.75) is 13.8 Å². The van der Waals surface area contributed by atoms with Crippen molar-refractivity contribution in [1.82, 2.24) is 0 Å². The van der Waals surface area contributed by atoms with Crippen molar-refractivity contribution in [1.29, 1.82) is 0 Å². The second kappa shape index (κ2) is 9.10. The summed E-state index contributed by atoms with van der Waals surface area (Å²) in [6, 6.07) is 0. The van der Waals surface area contributed by atoms with E-state index in [1.54, 1.807) is 0 Å². The van der Waals surface area contributed by atoms with Gasteiger partial charge in [0.25, 0.3) is 0 Å². The van der Waals surface area contributed by atoms with Gasteiger partial charge in [-0.15, -0.1) is 0 Å². The predicted octanol–water partition coefficient (Wildman–Crippen LogP) is 1.36. The fourth-order valence-electron chi connectivity index (χ4n) is 0. The van der Waals surface area contributed by atoms with E-state index in [0.717, 1.165) is 20.4 Å². The van der Waals surface area contributed by atoms with Gasteiger partial charge in [-0.05, 0) is 5.92 Å². The molecule has 0 aliphatic rings. The Balaban J connectivity index is 0. The van der Waals surface area contributed by atoms with E-state index in [0.29, 0.717) is 5.92 Å². The fourth-order valence-corrected chi connectivity index (χ4v) is 0. The molecule has 2 heteroatoms. The average Bonchev–Trinajstić information content (AvgIpc) is 1.41. The Morgan fingerprint density at radius 2 is 1.50 bits per heavy atom. The Bertz CT molecular complexity index is 18.8. The van der Waals surface area contributed by atoms with Crippen LogP contribution in [0.1, 0.15) is 13.8 Å². The van der Waals surface area contributed by atoms with Gasteiger partial charge < -0.3 is 0 Å². The topological polar surface area (TPSA) is 17.1 Å². The van der Waals surface area contributed by atoms with Crippen molar-refractivity contribution >= 4 is 0 Å². The van der Waals surface area contributed by atoms with Crippen LogP contribution in [0.15, 0.2) is 0 Å². The quantitative estimate of drug-likeness (QED) is 0.442. The molecule has 0 aliphatic carbocycles. The molecule has 35 valence electrons. The molecule has 0 aromatic carbocycles. The van der Waals surface area contributed by atoms with Gasteiger partial charge in [-0.1, -0.05) is 20.8 Å². The fraction of sp³-hybridized carbons (Fsp3) is 0.750. The van der Waals surface area contributed by atoms with E-state index in [9.17, 15) is 0 Å². The third-order valence-electron chi connectivity index (χ3n) is 0. The van der Waals surface area contributed by atoms with Crippen molar-refractivity contribution < 1.29 is 23.7 Å². The SMILES string of the molecule is [CH2]C(C)C.[O]=[Ti]. The molecule has 0 amide bonds. The zero-order valence-electron chi connectivity index (χ0n) is 4.19. The van der Waals surface area contributed by atoms with Crippen LogP contribution in [0, 0.1) is 12.8 Å². The molecule has 1 radical (unpaired) electrons. The Morgan fingerprint density at radius 3 is 1.50 bits per heavy atom. The van der Waals surface area contributed by atoms with E-state index in [1.807, 2.05) is 0 Å². The third-order valence-corrected chi connectivity index (χ3v) is 0. The van der Waals surface area contributed by atoms with Gasteiger partial charge in [-0.2, -0.15) is 0 Å². The van der Waals surface area contributed by atoms with Gasteiger partial charge in [0.1, 0.15) is 0 Å². The van der Waals surface area contributed by atoms with E-state index < -0.39 is 0 Å². The molecule has 0 bridgehead atoms. The maximum atomic E-state index is 8.25. The molecule has 0 aliphatic heterocycles. The van der Waals surface area contributed by atoms with Crippen LogP contribution in [0.25, 0.3) is 0 Å². The summed E-state index contributed by atoms with van der Waals surface area (Å²) in [5.74, 6) is 0.583. The second-order valence-electron chi connectivity index (χ2n) is 1.39. The molecular weight excluding hydrogens is 112 g/mol. The van der Waals surface area contributed by atoms with Gasteiger partial charge in [0.15, 0.2) is 0 Å². The summed E-state index contributed by atoms with van der Waals surface area (Å²) >= 11 is 0.750. The monoisotopic (exact) mass is 121 g/mol. The average molecular weight is 121 g/mol. The molecule has 0 heterocycles. The van der Waals surface area contributed by atoms with Crippen LogP contribution in [0.4, 0.5) is 0 Å². The van der Waals surface area contributed by atoms with Gasteiger partial charge in [-0.3, -0.25) is 0 Å². The minimum atomic E-state index is 0.583. The first-order valence-corrected chi connectivity index (χ1v) is 2.40.